The third-order valence-corrected chi connectivity index (χ3v) is 5.61. The Morgan fingerprint density at radius 2 is 2.05 bits per heavy atom. The first kappa shape index (κ1) is 14.0. The van der Waals surface area contributed by atoms with Gasteiger partial charge in [0.15, 0.2) is 5.17 Å². The number of carbonyl (C=O) groups is 1. The summed E-state index contributed by atoms with van der Waals surface area (Å²) in [5.41, 5.74) is 1.05. The second kappa shape index (κ2) is 5.89. The molecule has 1 aromatic carbocycles. The Labute approximate surface area is 134 Å². The van der Waals surface area contributed by atoms with Crippen LogP contribution in [-0.2, 0) is 4.79 Å². The molecule has 1 amide bonds. The van der Waals surface area contributed by atoms with Crippen LogP contribution in [0.5, 0.6) is 0 Å². The average molecular weight is 313 g/mol. The topological polar surface area (TPSA) is 35.9 Å². The number of nitrogens with zero attached hydrogens (tertiary/aromatic N) is 3. The maximum absolute atomic E-state index is 12.1. The van der Waals surface area contributed by atoms with E-state index in [2.05, 4.69) is 14.8 Å². The molecule has 1 unspecified atom stereocenters. The molecular formula is C17H19N3OS. The van der Waals surface area contributed by atoms with Crippen molar-refractivity contribution in [2.75, 3.05) is 26.2 Å². The lowest BCUT2D eigenvalue weighted by atomic mass is 10.2. The fraction of sp³-hybridized carbons (Fsp3) is 0.412. The van der Waals surface area contributed by atoms with Crippen LogP contribution in [0.1, 0.15) is 18.4 Å². The van der Waals surface area contributed by atoms with Gasteiger partial charge in [0.25, 0.3) is 5.91 Å². The van der Waals surface area contributed by atoms with Crippen molar-refractivity contribution >= 4 is 28.9 Å². The minimum absolute atomic E-state index is 0.0993. The van der Waals surface area contributed by atoms with Gasteiger partial charge in [-0.2, -0.15) is 4.99 Å². The summed E-state index contributed by atoms with van der Waals surface area (Å²) >= 11 is 1.52. The van der Waals surface area contributed by atoms with Crippen LogP contribution in [0.3, 0.4) is 0 Å². The number of rotatable bonds is 1. The summed E-state index contributed by atoms with van der Waals surface area (Å²) in [6.45, 7) is 4.32. The molecule has 3 heterocycles. The number of aliphatic imine (C=N–C) groups is 1. The van der Waals surface area contributed by atoms with Gasteiger partial charge in [0.1, 0.15) is 0 Å². The Balaban J connectivity index is 1.47. The van der Waals surface area contributed by atoms with Gasteiger partial charge in [0, 0.05) is 25.7 Å². The first-order valence-corrected chi connectivity index (χ1v) is 8.68. The van der Waals surface area contributed by atoms with Gasteiger partial charge < -0.3 is 4.90 Å². The second-order valence-electron chi connectivity index (χ2n) is 6.00. The van der Waals surface area contributed by atoms with Crippen LogP contribution in [0.2, 0.25) is 0 Å². The van der Waals surface area contributed by atoms with E-state index in [1.807, 2.05) is 36.4 Å². The summed E-state index contributed by atoms with van der Waals surface area (Å²) in [4.78, 5) is 22.0. The summed E-state index contributed by atoms with van der Waals surface area (Å²) < 4.78 is 0. The number of hydrogen-bond acceptors (Lipinski definition) is 4. The molecule has 2 saturated heterocycles. The Morgan fingerprint density at radius 1 is 1.18 bits per heavy atom. The van der Waals surface area contributed by atoms with Crippen molar-refractivity contribution in [2.45, 2.75) is 18.9 Å². The van der Waals surface area contributed by atoms with Crippen LogP contribution in [-0.4, -0.2) is 53.1 Å². The Hall–Kier alpha value is -1.59. The van der Waals surface area contributed by atoms with Gasteiger partial charge >= 0.3 is 0 Å². The molecule has 0 N–H and O–H groups in total. The van der Waals surface area contributed by atoms with E-state index < -0.39 is 0 Å². The van der Waals surface area contributed by atoms with E-state index in [0.29, 0.717) is 6.04 Å². The van der Waals surface area contributed by atoms with E-state index in [1.165, 1.54) is 31.1 Å². The van der Waals surface area contributed by atoms with Crippen molar-refractivity contribution < 1.29 is 4.79 Å². The summed E-state index contributed by atoms with van der Waals surface area (Å²) in [6.07, 6.45) is 4.51. The maximum atomic E-state index is 12.1. The van der Waals surface area contributed by atoms with Crippen LogP contribution in [0.25, 0.3) is 6.08 Å². The number of benzene rings is 1. The Kier molecular flexibility index (Phi) is 3.76. The molecule has 3 aliphatic rings. The minimum Gasteiger partial charge on any atom is -0.348 e. The molecule has 2 fully saturated rings. The zero-order valence-electron chi connectivity index (χ0n) is 12.4. The van der Waals surface area contributed by atoms with Crippen LogP contribution >= 0.6 is 11.8 Å². The third kappa shape index (κ3) is 2.71. The molecule has 3 aliphatic heterocycles. The first-order valence-electron chi connectivity index (χ1n) is 7.86. The van der Waals surface area contributed by atoms with E-state index in [-0.39, 0.29) is 5.91 Å². The minimum atomic E-state index is -0.0993. The number of amides is 1. The molecule has 0 aliphatic carbocycles. The molecule has 1 aromatic rings. The van der Waals surface area contributed by atoms with E-state index >= 15 is 0 Å². The third-order valence-electron chi connectivity index (χ3n) is 4.56. The van der Waals surface area contributed by atoms with Crippen molar-refractivity contribution in [3.63, 3.8) is 0 Å². The molecule has 0 bridgehead atoms. The highest BCUT2D eigenvalue weighted by molar-refractivity contribution is 8.18. The van der Waals surface area contributed by atoms with Gasteiger partial charge in [-0.1, -0.05) is 30.3 Å². The van der Waals surface area contributed by atoms with Gasteiger partial charge in [0.05, 0.1) is 4.91 Å². The average Bonchev–Trinajstić information content (AvgIpc) is 3.15. The molecule has 5 heteroatoms. The van der Waals surface area contributed by atoms with Gasteiger partial charge in [-0.15, -0.1) is 0 Å². The molecule has 4 nitrogen and oxygen atoms in total. The normalized spacial score (nSPS) is 27.4. The zero-order chi connectivity index (χ0) is 14.9. The summed E-state index contributed by atoms with van der Waals surface area (Å²) in [7, 11) is 0. The molecule has 114 valence electrons. The molecular weight excluding hydrogens is 294 g/mol. The molecule has 0 aromatic heterocycles. The van der Waals surface area contributed by atoms with Crippen molar-refractivity contribution in [2.24, 2.45) is 4.99 Å². The quantitative estimate of drug-likeness (QED) is 0.746. The van der Waals surface area contributed by atoms with Crippen molar-refractivity contribution in [1.29, 1.82) is 0 Å². The van der Waals surface area contributed by atoms with Gasteiger partial charge in [0.2, 0.25) is 0 Å². The molecule has 1 atom stereocenters. The monoisotopic (exact) mass is 313 g/mol. The Morgan fingerprint density at radius 3 is 2.91 bits per heavy atom. The van der Waals surface area contributed by atoms with E-state index in [0.717, 1.165) is 35.3 Å². The predicted octanol–water partition coefficient (Wildman–Crippen LogP) is 2.44. The van der Waals surface area contributed by atoms with Crippen LogP contribution in [0.15, 0.2) is 40.2 Å². The van der Waals surface area contributed by atoms with Gasteiger partial charge in [-0.3, -0.25) is 9.69 Å². The van der Waals surface area contributed by atoms with E-state index in [1.54, 1.807) is 0 Å². The van der Waals surface area contributed by atoms with E-state index in [9.17, 15) is 4.79 Å². The summed E-state index contributed by atoms with van der Waals surface area (Å²) in [6, 6.07) is 10.6. The fourth-order valence-corrected chi connectivity index (χ4v) is 4.35. The molecule has 0 saturated carbocycles. The van der Waals surface area contributed by atoms with Gasteiger partial charge in [-0.05, 0) is 42.8 Å². The van der Waals surface area contributed by atoms with Crippen molar-refractivity contribution in [3.8, 4) is 0 Å². The molecule has 22 heavy (non-hydrogen) atoms. The fourth-order valence-electron chi connectivity index (χ4n) is 3.40. The predicted molar refractivity (Wildman–Crippen MR) is 90.6 cm³/mol. The van der Waals surface area contributed by atoms with Gasteiger partial charge in [-0.25, -0.2) is 0 Å². The highest BCUT2D eigenvalue weighted by Gasteiger charge is 2.34. The number of amidine groups is 1. The zero-order valence-corrected chi connectivity index (χ0v) is 13.3. The van der Waals surface area contributed by atoms with Crippen LogP contribution < -0.4 is 0 Å². The number of fused-ring (bicyclic) bond motifs is 1. The number of carbonyl (C=O) groups excluding carboxylic acids is 1. The van der Waals surface area contributed by atoms with Crippen molar-refractivity contribution in [3.05, 3.63) is 40.8 Å². The van der Waals surface area contributed by atoms with Crippen LogP contribution in [0.4, 0.5) is 0 Å². The summed E-state index contributed by atoms with van der Waals surface area (Å²) in [5, 5.41) is 0.888. The lowest BCUT2D eigenvalue weighted by Gasteiger charge is -2.38. The maximum Gasteiger partial charge on any atom is 0.286 e. The highest BCUT2D eigenvalue weighted by atomic mass is 32.2. The summed E-state index contributed by atoms with van der Waals surface area (Å²) in [5.74, 6) is -0.0993. The molecule has 4 rings (SSSR count). The smallest absolute Gasteiger partial charge is 0.286 e. The van der Waals surface area contributed by atoms with Crippen molar-refractivity contribution in [1.82, 2.24) is 9.80 Å². The SMILES string of the molecule is O=C1N=C(N2CCN3CCCC3C2)SC1=Cc1ccccc1. The lowest BCUT2D eigenvalue weighted by Crippen LogP contribution is -2.51. The lowest BCUT2D eigenvalue weighted by molar-refractivity contribution is -0.113. The van der Waals surface area contributed by atoms with Crippen LogP contribution in [0, 0.1) is 0 Å². The Bertz CT molecular complexity index is 641. The number of piperazine rings is 1. The highest BCUT2D eigenvalue weighted by Crippen LogP contribution is 2.32. The number of hydrogen-bond donors (Lipinski definition) is 0. The standard InChI is InChI=1S/C17H19N3OS/c21-16-15(11-13-5-2-1-3-6-13)22-17(18-16)20-10-9-19-8-4-7-14(19)12-20/h1-3,5-6,11,14H,4,7-10,12H2. The second-order valence-corrected chi connectivity index (χ2v) is 7.01. The largest absolute Gasteiger partial charge is 0.348 e. The first-order chi connectivity index (χ1) is 10.8. The number of thioether (sulfide) groups is 1. The molecule has 0 spiro atoms. The van der Waals surface area contributed by atoms with E-state index in [4.69, 9.17) is 0 Å². The molecule has 0 radical (unpaired) electrons.